The third kappa shape index (κ3) is 3.98. The van der Waals surface area contributed by atoms with E-state index in [0.717, 1.165) is 11.3 Å². The zero-order valence-corrected chi connectivity index (χ0v) is 24.5. The molecule has 0 unspecified atom stereocenters. The standard InChI is InChI=1S/C36H28N2OS2/c1-25-15-9-11-21-29(25)35(30-22-12-10-16-26(30)2)31-23-13-14-24-32(31)36(41-35)38(28-19-7-4-8-20-28)37-34(40-36)33(39)27-17-5-3-6-18-27/h3-24H,1-2H3/t36-/m0/s1. The van der Waals surface area contributed by atoms with Crippen molar-refractivity contribution in [3.63, 3.8) is 0 Å². The molecule has 0 aliphatic carbocycles. The molecule has 0 fully saturated rings. The molecule has 200 valence electrons. The number of nitrogens with zero attached hydrogens (tertiary/aromatic N) is 2. The molecule has 0 radical (unpaired) electrons. The van der Waals surface area contributed by atoms with Crippen LogP contribution in [0.25, 0.3) is 0 Å². The molecule has 7 rings (SSSR count). The van der Waals surface area contributed by atoms with E-state index >= 15 is 0 Å². The Labute approximate surface area is 249 Å². The van der Waals surface area contributed by atoms with Gasteiger partial charge in [-0.1, -0.05) is 145 Å². The van der Waals surface area contributed by atoms with E-state index in [2.05, 4.69) is 104 Å². The molecule has 5 heteroatoms. The molecular weight excluding hydrogens is 541 g/mol. The Bertz CT molecular complexity index is 1760. The fourth-order valence-electron chi connectivity index (χ4n) is 6.05. The van der Waals surface area contributed by atoms with Crippen molar-refractivity contribution in [1.82, 2.24) is 0 Å². The summed E-state index contributed by atoms with van der Waals surface area (Å²) in [7, 11) is 0. The Balaban J connectivity index is 1.50. The van der Waals surface area contributed by atoms with E-state index in [1.165, 1.54) is 27.8 Å². The SMILES string of the molecule is Cc1ccccc1C1(c2ccccc2C)S[C@@]2(SC(C(=O)c3ccccc3)=NN2c2ccccc2)c2ccccc21. The second-order valence-corrected chi connectivity index (χ2v) is 13.2. The number of hydrogen-bond donors (Lipinski definition) is 0. The third-order valence-electron chi connectivity index (χ3n) is 7.92. The van der Waals surface area contributed by atoms with Crippen molar-refractivity contribution in [2.45, 2.75) is 22.8 Å². The molecule has 1 atom stereocenters. The second kappa shape index (κ2) is 10.1. The normalized spacial score (nSPS) is 18.8. The number of para-hydroxylation sites is 1. The van der Waals surface area contributed by atoms with Gasteiger partial charge in [-0.25, -0.2) is 5.01 Å². The Morgan fingerprint density at radius 2 is 1.10 bits per heavy atom. The zero-order chi connectivity index (χ0) is 28.0. The van der Waals surface area contributed by atoms with E-state index < -0.39 is 8.95 Å². The highest BCUT2D eigenvalue weighted by Crippen LogP contribution is 2.71. The first-order valence-corrected chi connectivity index (χ1v) is 15.3. The molecule has 2 aliphatic heterocycles. The van der Waals surface area contributed by atoms with Gasteiger partial charge in [0.15, 0.2) is 9.25 Å². The monoisotopic (exact) mass is 568 g/mol. The van der Waals surface area contributed by atoms with E-state index in [4.69, 9.17) is 5.10 Å². The van der Waals surface area contributed by atoms with Gasteiger partial charge in [0.1, 0.15) is 0 Å². The van der Waals surface area contributed by atoms with Crippen LogP contribution >= 0.6 is 23.5 Å². The highest BCUT2D eigenvalue weighted by molar-refractivity contribution is 8.27. The first-order chi connectivity index (χ1) is 20.0. The molecule has 3 nitrogen and oxygen atoms in total. The van der Waals surface area contributed by atoms with Gasteiger partial charge >= 0.3 is 0 Å². The number of Topliss-reactive ketones (excluding diaryl/α,β-unsaturated/α-hetero) is 1. The van der Waals surface area contributed by atoms with Crippen molar-refractivity contribution in [3.8, 4) is 0 Å². The molecule has 2 aliphatic rings. The van der Waals surface area contributed by atoms with E-state index in [1.54, 1.807) is 11.8 Å². The van der Waals surface area contributed by atoms with Gasteiger partial charge in [0.2, 0.25) is 5.78 Å². The molecule has 41 heavy (non-hydrogen) atoms. The van der Waals surface area contributed by atoms with Crippen LogP contribution < -0.4 is 5.01 Å². The maximum Gasteiger partial charge on any atom is 0.219 e. The number of carbonyl (C=O) groups is 1. The summed E-state index contributed by atoms with van der Waals surface area (Å²) in [5.41, 5.74) is 8.93. The van der Waals surface area contributed by atoms with Crippen LogP contribution in [0.1, 0.15) is 43.7 Å². The first-order valence-electron chi connectivity index (χ1n) is 13.7. The quantitative estimate of drug-likeness (QED) is 0.198. The average molecular weight is 569 g/mol. The van der Waals surface area contributed by atoms with Gasteiger partial charge in [-0.15, -0.1) is 0 Å². The molecule has 0 N–H and O–H groups in total. The zero-order valence-electron chi connectivity index (χ0n) is 22.8. The Morgan fingerprint density at radius 1 is 0.610 bits per heavy atom. The minimum atomic E-state index is -0.706. The van der Waals surface area contributed by atoms with Gasteiger partial charge in [-0.05, 0) is 53.8 Å². The molecule has 1 spiro atoms. The lowest BCUT2D eigenvalue weighted by Gasteiger charge is -2.38. The molecule has 0 amide bonds. The summed E-state index contributed by atoms with van der Waals surface area (Å²) in [6.07, 6.45) is 0. The van der Waals surface area contributed by atoms with Gasteiger partial charge in [0.25, 0.3) is 0 Å². The predicted molar refractivity (Wildman–Crippen MR) is 173 cm³/mol. The summed E-state index contributed by atoms with van der Waals surface area (Å²) >= 11 is 3.43. The number of hydrogen-bond acceptors (Lipinski definition) is 5. The molecule has 0 saturated heterocycles. The van der Waals surface area contributed by atoms with Crippen molar-refractivity contribution in [1.29, 1.82) is 0 Å². The van der Waals surface area contributed by atoms with Crippen molar-refractivity contribution in [2.75, 3.05) is 5.01 Å². The summed E-state index contributed by atoms with van der Waals surface area (Å²) in [6, 6.07) is 45.8. The van der Waals surface area contributed by atoms with Crippen LogP contribution in [0, 0.1) is 13.8 Å². The molecular formula is C36H28N2OS2. The van der Waals surface area contributed by atoms with Gasteiger partial charge in [-0.3, -0.25) is 4.79 Å². The number of anilines is 1. The van der Waals surface area contributed by atoms with Gasteiger partial charge in [0, 0.05) is 11.1 Å². The highest BCUT2D eigenvalue weighted by Gasteiger charge is 2.62. The minimum absolute atomic E-state index is 0.0595. The largest absolute Gasteiger partial charge is 0.286 e. The third-order valence-corrected chi connectivity index (χ3v) is 11.2. The average Bonchev–Trinajstić information content (AvgIpc) is 3.55. The van der Waals surface area contributed by atoms with Crippen LogP contribution in [-0.4, -0.2) is 10.8 Å². The Morgan fingerprint density at radius 3 is 1.68 bits per heavy atom. The number of carbonyl (C=O) groups excluding carboxylic acids is 1. The lowest BCUT2D eigenvalue weighted by Crippen LogP contribution is -2.34. The van der Waals surface area contributed by atoms with E-state index in [-0.39, 0.29) is 5.78 Å². The molecule has 0 aromatic heterocycles. The fourth-order valence-corrected chi connectivity index (χ4v) is 9.85. The second-order valence-electron chi connectivity index (χ2n) is 10.4. The molecule has 2 heterocycles. The smallest absolute Gasteiger partial charge is 0.219 e. The van der Waals surface area contributed by atoms with Gasteiger partial charge in [0.05, 0.1) is 10.4 Å². The summed E-state index contributed by atoms with van der Waals surface area (Å²) < 4.78 is -1.23. The van der Waals surface area contributed by atoms with Gasteiger partial charge in [-0.2, -0.15) is 5.10 Å². The number of fused-ring (bicyclic) bond motifs is 2. The van der Waals surface area contributed by atoms with Crippen molar-refractivity contribution in [2.24, 2.45) is 5.10 Å². The van der Waals surface area contributed by atoms with Gasteiger partial charge < -0.3 is 0 Å². The van der Waals surface area contributed by atoms with Crippen LogP contribution in [0.4, 0.5) is 5.69 Å². The highest BCUT2D eigenvalue weighted by atomic mass is 32.2. The van der Waals surface area contributed by atoms with E-state index in [9.17, 15) is 4.79 Å². The Hall–Kier alpha value is -4.06. The number of aryl methyl sites for hydroxylation is 2. The van der Waals surface area contributed by atoms with Crippen LogP contribution in [-0.2, 0) is 8.95 Å². The lowest BCUT2D eigenvalue weighted by molar-refractivity contribution is 0.106. The van der Waals surface area contributed by atoms with Crippen LogP contribution in [0.2, 0.25) is 0 Å². The summed E-state index contributed by atoms with van der Waals surface area (Å²) in [4.78, 5) is 13.9. The van der Waals surface area contributed by atoms with E-state index in [1.807, 2.05) is 60.3 Å². The predicted octanol–water partition coefficient (Wildman–Crippen LogP) is 8.90. The van der Waals surface area contributed by atoms with Crippen LogP contribution in [0.15, 0.2) is 139 Å². The number of thioether (sulfide) groups is 2. The number of benzene rings is 5. The lowest BCUT2D eigenvalue weighted by atomic mass is 9.79. The molecule has 0 bridgehead atoms. The van der Waals surface area contributed by atoms with E-state index in [0.29, 0.717) is 10.6 Å². The minimum Gasteiger partial charge on any atom is -0.286 e. The topological polar surface area (TPSA) is 32.7 Å². The first kappa shape index (κ1) is 25.9. The van der Waals surface area contributed by atoms with Crippen LogP contribution in [0.3, 0.4) is 0 Å². The summed E-state index contributed by atoms with van der Waals surface area (Å²) in [5.74, 6) is -0.0595. The summed E-state index contributed by atoms with van der Waals surface area (Å²) in [6.45, 7) is 4.39. The van der Waals surface area contributed by atoms with Crippen molar-refractivity contribution < 1.29 is 4.79 Å². The molecule has 0 saturated carbocycles. The maximum atomic E-state index is 13.9. The van der Waals surface area contributed by atoms with Crippen molar-refractivity contribution >= 4 is 40.0 Å². The molecule has 5 aromatic rings. The maximum absolute atomic E-state index is 13.9. The number of ketones is 1. The summed E-state index contributed by atoms with van der Waals surface area (Å²) in [5, 5.41) is 7.68. The number of rotatable bonds is 5. The molecule has 5 aromatic carbocycles. The van der Waals surface area contributed by atoms with Crippen molar-refractivity contribution in [3.05, 3.63) is 172 Å². The number of hydrazone groups is 1. The fraction of sp³-hybridized carbons (Fsp3) is 0.111. The Kier molecular flexibility index (Phi) is 6.37. The van der Waals surface area contributed by atoms with Crippen LogP contribution in [0.5, 0.6) is 0 Å².